The first kappa shape index (κ1) is 14.0. The number of hydrogen-bond acceptors (Lipinski definition) is 3. The summed E-state index contributed by atoms with van der Waals surface area (Å²) < 4.78 is 5.88. The van der Waals surface area contributed by atoms with Crippen LogP contribution in [0.25, 0.3) is 0 Å². The Morgan fingerprint density at radius 3 is 2.94 bits per heavy atom. The monoisotopic (exact) mass is 267 g/mol. The van der Waals surface area contributed by atoms with Crippen molar-refractivity contribution in [3.63, 3.8) is 0 Å². The van der Waals surface area contributed by atoms with E-state index < -0.39 is 0 Å². The number of aryl methyl sites for hydroxylation is 1. The molecule has 1 saturated heterocycles. The zero-order chi connectivity index (χ0) is 12.8. The molecule has 1 aliphatic heterocycles. The van der Waals surface area contributed by atoms with Gasteiger partial charge in [-0.25, -0.2) is 0 Å². The highest BCUT2D eigenvalue weighted by atomic mass is 32.1. The lowest BCUT2D eigenvalue weighted by atomic mass is 10.0. The first-order valence-corrected chi connectivity index (χ1v) is 8.02. The molecule has 0 amide bonds. The molecule has 0 bridgehead atoms. The highest BCUT2D eigenvalue weighted by Crippen LogP contribution is 2.29. The molecule has 0 spiro atoms. The highest BCUT2D eigenvalue weighted by Gasteiger charge is 2.21. The summed E-state index contributed by atoms with van der Waals surface area (Å²) in [5.41, 5.74) is 0. The van der Waals surface area contributed by atoms with Crippen LogP contribution in [-0.4, -0.2) is 19.3 Å². The van der Waals surface area contributed by atoms with Gasteiger partial charge in [0.05, 0.1) is 6.10 Å². The standard InChI is InChI=1S/C15H25NOS/c1-3-9-16-14(15-8-7-12(2)18-15)11-13-6-4-5-10-17-13/h7-8,13-14,16H,3-6,9-11H2,1-2H3. The third-order valence-corrected chi connectivity index (χ3v) is 4.63. The molecular formula is C15H25NOS. The van der Waals surface area contributed by atoms with Gasteiger partial charge in [-0.3, -0.25) is 0 Å². The van der Waals surface area contributed by atoms with Crippen LogP contribution in [0.4, 0.5) is 0 Å². The van der Waals surface area contributed by atoms with Crippen molar-refractivity contribution in [1.29, 1.82) is 0 Å². The second-order valence-electron chi connectivity index (χ2n) is 5.18. The summed E-state index contributed by atoms with van der Waals surface area (Å²) in [7, 11) is 0. The lowest BCUT2D eigenvalue weighted by Crippen LogP contribution is -2.28. The normalized spacial score (nSPS) is 22.0. The maximum Gasteiger partial charge on any atom is 0.0593 e. The Kier molecular flexibility index (Phi) is 5.67. The van der Waals surface area contributed by atoms with Crippen molar-refractivity contribution in [2.75, 3.05) is 13.2 Å². The van der Waals surface area contributed by atoms with Crippen molar-refractivity contribution in [3.05, 3.63) is 21.9 Å². The summed E-state index contributed by atoms with van der Waals surface area (Å²) in [6, 6.07) is 4.98. The van der Waals surface area contributed by atoms with Crippen molar-refractivity contribution in [2.24, 2.45) is 0 Å². The van der Waals surface area contributed by atoms with E-state index in [2.05, 4.69) is 31.3 Å². The predicted octanol–water partition coefficient (Wildman–Crippen LogP) is 4.06. The van der Waals surface area contributed by atoms with Gasteiger partial charge in [0.2, 0.25) is 0 Å². The Hall–Kier alpha value is -0.380. The molecule has 0 aromatic carbocycles. The van der Waals surface area contributed by atoms with E-state index in [1.54, 1.807) is 0 Å². The Morgan fingerprint density at radius 2 is 2.33 bits per heavy atom. The second kappa shape index (κ2) is 7.27. The van der Waals surface area contributed by atoms with Gasteiger partial charge in [-0.15, -0.1) is 11.3 Å². The average Bonchev–Trinajstić information content (AvgIpc) is 2.82. The maximum absolute atomic E-state index is 5.88. The molecule has 2 nitrogen and oxygen atoms in total. The van der Waals surface area contributed by atoms with Crippen LogP contribution in [-0.2, 0) is 4.74 Å². The van der Waals surface area contributed by atoms with Crippen molar-refractivity contribution in [3.8, 4) is 0 Å². The first-order valence-electron chi connectivity index (χ1n) is 7.21. The molecule has 0 saturated carbocycles. The molecule has 18 heavy (non-hydrogen) atoms. The Balaban J connectivity index is 1.95. The Bertz CT molecular complexity index is 344. The fourth-order valence-corrected chi connectivity index (χ4v) is 3.48. The van der Waals surface area contributed by atoms with E-state index >= 15 is 0 Å². The Labute approximate surface area is 115 Å². The molecule has 0 radical (unpaired) electrons. The van der Waals surface area contributed by atoms with Crippen molar-refractivity contribution in [1.82, 2.24) is 5.32 Å². The maximum atomic E-state index is 5.88. The fourth-order valence-electron chi connectivity index (χ4n) is 2.52. The minimum Gasteiger partial charge on any atom is -0.378 e. The first-order chi connectivity index (χ1) is 8.79. The van der Waals surface area contributed by atoms with Crippen molar-refractivity contribution in [2.45, 2.75) is 58.1 Å². The predicted molar refractivity (Wildman–Crippen MR) is 78.3 cm³/mol. The Morgan fingerprint density at radius 1 is 1.44 bits per heavy atom. The van der Waals surface area contributed by atoms with Gasteiger partial charge < -0.3 is 10.1 Å². The van der Waals surface area contributed by atoms with Gasteiger partial charge in [-0.2, -0.15) is 0 Å². The van der Waals surface area contributed by atoms with E-state index in [4.69, 9.17) is 4.74 Å². The van der Waals surface area contributed by atoms with Crippen LogP contribution in [0.3, 0.4) is 0 Å². The third-order valence-electron chi connectivity index (χ3n) is 3.52. The van der Waals surface area contributed by atoms with E-state index in [-0.39, 0.29) is 0 Å². The van der Waals surface area contributed by atoms with Gasteiger partial charge in [-0.1, -0.05) is 6.92 Å². The molecule has 3 heteroatoms. The summed E-state index contributed by atoms with van der Waals surface area (Å²) >= 11 is 1.92. The van der Waals surface area contributed by atoms with E-state index in [0.717, 1.165) is 19.6 Å². The quantitative estimate of drug-likeness (QED) is 0.839. The molecule has 1 N–H and O–H groups in total. The minimum atomic E-state index is 0.454. The zero-order valence-electron chi connectivity index (χ0n) is 11.6. The number of rotatable bonds is 6. The fraction of sp³-hybridized carbons (Fsp3) is 0.733. The molecule has 1 aromatic heterocycles. The van der Waals surface area contributed by atoms with Gasteiger partial charge in [-0.05, 0) is 57.7 Å². The van der Waals surface area contributed by atoms with E-state index in [1.165, 1.54) is 35.4 Å². The lowest BCUT2D eigenvalue weighted by Gasteiger charge is -2.27. The second-order valence-corrected chi connectivity index (χ2v) is 6.50. The summed E-state index contributed by atoms with van der Waals surface area (Å²) in [5, 5.41) is 3.68. The molecular weight excluding hydrogens is 242 g/mol. The number of nitrogens with one attached hydrogen (secondary N) is 1. The number of thiophene rings is 1. The van der Waals surface area contributed by atoms with E-state index in [0.29, 0.717) is 12.1 Å². The molecule has 1 fully saturated rings. The molecule has 1 aliphatic rings. The lowest BCUT2D eigenvalue weighted by molar-refractivity contribution is 0.00526. The topological polar surface area (TPSA) is 21.3 Å². The van der Waals surface area contributed by atoms with Crippen molar-refractivity contribution >= 4 is 11.3 Å². The van der Waals surface area contributed by atoms with Crippen LogP contribution in [0.5, 0.6) is 0 Å². The van der Waals surface area contributed by atoms with Crippen LogP contribution < -0.4 is 5.32 Å². The minimum absolute atomic E-state index is 0.454. The third kappa shape index (κ3) is 4.08. The van der Waals surface area contributed by atoms with E-state index in [1.807, 2.05) is 11.3 Å². The molecule has 0 aliphatic carbocycles. The van der Waals surface area contributed by atoms with Gasteiger partial charge >= 0.3 is 0 Å². The molecule has 2 atom stereocenters. The summed E-state index contributed by atoms with van der Waals surface area (Å²) in [6.45, 7) is 6.45. The van der Waals surface area contributed by atoms with E-state index in [9.17, 15) is 0 Å². The molecule has 2 heterocycles. The molecule has 2 unspecified atom stereocenters. The highest BCUT2D eigenvalue weighted by molar-refractivity contribution is 7.12. The number of hydrogen-bond donors (Lipinski definition) is 1. The van der Waals surface area contributed by atoms with Gasteiger partial charge in [0, 0.05) is 22.4 Å². The smallest absolute Gasteiger partial charge is 0.0593 e. The summed E-state index contributed by atoms with van der Waals surface area (Å²) in [4.78, 5) is 2.87. The largest absolute Gasteiger partial charge is 0.378 e. The zero-order valence-corrected chi connectivity index (χ0v) is 12.4. The van der Waals surface area contributed by atoms with Crippen LogP contribution in [0.1, 0.15) is 54.8 Å². The van der Waals surface area contributed by atoms with Gasteiger partial charge in [0.15, 0.2) is 0 Å². The average molecular weight is 267 g/mol. The van der Waals surface area contributed by atoms with Crippen LogP contribution in [0.15, 0.2) is 12.1 Å². The molecule has 1 aromatic rings. The molecule has 2 rings (SSSR count). The summed E-state index contributed by atoms with van der Waals surface area (Å²) in [6.07, 6.45) is 6.56. The van der Waals surface area contributed by atoms with Crippen molar-refractivity contribution < 1.29 is 4.74 Å². The molecule has 102 valence electrons. The SMILES string of the molecule is CCCNC(CC1CCCCO1)c1ccc(C)s1. The summed E-state index contributed by atoms with van der Waals surface area (Å²) in [5.74, 6) is 0. The number of ether oxygens (including phenoxy) is 1. The van der Waals surface area contributed by atoms with Crippen LogP contribution >= 0.6 is 11.3 Å². The van der Waals surface area contributed by atoms with Gasteiger partial charge in [0.25, 0.3) is 0 Å². The van der Waals surface area contributed by atoms with Gasteiger partial charge in [0.1, 0.15) is 0 Å². The van der Waals surface area contributed by atoms with Crippen LogP contribution in [0, 0.1) is 6.92 Å². The van der Waals surface area contributed by atoms with Crippen LogP contribution in [0.2, 0.25) is 0 Å².